The fourth-order valence-electron chi connectivity index (χ4n) is 1.15. The maximum atomic E-state index is 11.1. The van der Waals surface area contributed by atoms with Gasteiger partial charge in [-0.05, 0) is 24.0 Å². The highest BCUT2D eigenvalue weighted by Gasteiger charge is 2.01. The molecule has 0 unspecified atom stereocenters. The van der Waals surface area contributed by atoms with Gasteiger partial charge in [0.2, 0.25) is 5.56 Å². The van der Waals surface area contributed by atoms with Gasteiger partial charge in [0.05, 0.1) is 0 Å². The molecule has 1 heterocycles. The van der Waals surface area contributed by atoms with Crippen molar-refractivity contribution in [2.75, 3.05) is 0 Å². The normalized spacial score (nSPS) is 10.7. The van der Waals surface area contributed by atoms with Gasteiger partial charge >= 0.3 is 0 Å². The number of aromatic nitrogens is 1. The Balaban J connectivity index is 3.15. The third kappa shape index (κ3) is 1.97. The summed E-state index contributed by atoms with van der Waals surface area (Å²) in [4.78, 5) is 13.9. The van der Waals surface area contributed by atoms with E-state index in [2.05, 4.69) is 24.9 Å². The lowest BCUT2D eigenvalue weighted by atomic mass is 10.0. The molecule has 0 spiro atoms. The van der Waals surface area contributed by atoms with Crippen molar-refractivity contribution < 1.29 is 0 Å². The van der Waals surface area contributed by atoms with E-state index in [0.29, 0.717) is 5.92 Å². The van der Waals surface area contributed by atoms with E-state index in [1.54, 1.807) is 6.07 Å². The minimum absolute atomic E-state index is 0.0121. The molecule has 0 aliphatic carbocycles. The van der Waals surface area contributed by atoms with Crippen molar-refractivity contribution in [3.8, 4) is 0 Å². The van der Waals surface area contributed by atoms with Crippen LogP contribution in [0.5, 0.6) is 0 Å². The molecule has 2 nitrogen and oxygen atoms in total. The average molecular weight is 165 g/mol. The molecule has 1 aromatic heterocycles. The second kappa shape index (κ2) is 3.57. The van der Waals surface area contributed by atoms with E-state index < -0.39 is 0 Å². The number of nitrogens with one attached hydrogen (secondary N) is 1. The van der Waals surface area contributed by atoms with Gasteiger partial charge in [0.25, 0.3) is 0 Å². The molecule has 2 heteroatoms. The van der Waals surface area contributed by atoms with Gasteiger partial charge in [-0.15, -0.1) is 0 Å². The van der Waals surface area contributed by atoms with Gasteiger partial charge < -0.3 is 4.98 Å². The van der Waals surface area contributed by atoms with E-state index in [1.165, 1.54) is 0 Å². The molecule has 0 fully saturated rings. The van der Waals surface area contributed by atoms with Crippen LogP contribution < -0.4 is 5.56 Å². The van der Waals surface area contributed by atoms with Crippen LogP contribution in [-0.2, 0) is 6.42 Å². The summed E-state index contributed by atoms with van der Waals surface area (Å²) in [6.45, 7) is 6.22. The standard InChI is InChI=1S/C10H15NO/c1-4-9-5-8(7(2)3)6-10(12)11-9/h5-7H,4H2,1-3H3,(H,11,12). The van der Waals surface area contributed by atoms with E-state index in [1.807, 2.05) is 6.92 Å². The molecule has 0 radical (unpaired) electrons. The first kappa shape index (κ1) is 9.04. The molecule has 0 amide bonds. The Labute approximate surface area is 72.6 Å². The molecule has 0 bridgehead atoms. The number of aryl methyl sites for hydroxylation is 1. The summed E-state index contributed by atoms with van der Waals surface area (Å²) < 4.78 is 0. The maximum absolute atomic E-state index is 11.1. The molecule has 66 valence electrons. The highest BCUT2D eigenvalue weighted by Crippen LogP contribution is 2.12. The zero-order valence-corrected chi connectivity index (χ0v) is 7.85. The molecule has 0 saturated heterocycles. The number of H-pyrrole nitrogens is 1. The van der Waals surface area contributed by atoms with Crippen LogP contribution in [0, 0.1) is 0 Å². The summed E-state index contributed by atoms with van der Waals surface area (Å²) in [6, 6.07) is 3.73. The Hall–Kier alpha value is -1.05. The molecule has 0 aliphatic rings. The van der Waals surface area contributed by atoms with Crippen LogP contribution in [0.15, 0.2) is 16.9 Å². The molecule has 12 heavy (non-hydrogen) atoms. The molecular weight excluding hydrogens is 150 g/mol. The quantitative estimate of drug-likeness (QED) is 0.714. The second-order valence-electron chi connectivity index (χ2n) is 3.31. The maximum Gasteiger partial charge on any atom is 0.248 e. The second-order valence-corrected chi connectivity index (χ2v) is 3.31. The van der Waals surface area contributed by atoms with Gasteiger partial charge in [0.1, 0.15) is 0 Å². The zero-order chi connectivity index (χ0) is 9.14. The van der Waals surface area contributed by atoms with Crippen molar-refractivity contribution in [2.24, 2.45) is 0 Å². The highest BCUT2D eigenvalue weighted by molar-refractivity contribution is 5.19. The lowest BCUT2D eigenvalue weighted by Gasteiger charge is -2.05. The fraction of sp³-hybridized carbons (Fsp3) is 0.500. The molecular formula is C10H15NO. The molecule has 1 N–H and O–H groups in total. The van der Waals surface area contributed by atoms with Crippen molar-refractivity contribution in [3.05, 3.63) is 33.7 Å². The monoisotopic (exact) mass is 165 g/mol. The molecule has 1 rings (SSSR count). The predicted molar refractivity (Wildman–Crippen MR) is 50.5 cm³/mol. The predicted octanol–water partition coefficient (Wildman–Crippen LogP) is 2.06. The number of hydrogen-bond donors (Lipinski definition) is 1. The lowest BCUT2D eigenvalue weighted by Crippen LogP contribution is -2.09. The summed E-state index contributed by atoms with van der Waals surface area (Å²) in [5.41, 5.74) is 2.15. The largest absolute Gasteiger partial charge is 0.326 e. The van der Waals surface area contributed by atoms with Crippen molar-refractivity contribution >= 4 is 0 Å². The molecule has 0 aliphatic heterocycles. The molecule has 1 aromatic rings. The lowest BCUT2D eigenvalue weighted by molar-refractivity contribution is 0.848. The fourth-order valence-corrected chi connectivity index (χ4v) is 1.15. The summed E-state index contributed by atoms with van der Waals surface area (Å²) in [6.07, 6.45) is 0.885. The third-order valence-corrected chi connectivity index (χ3v) is 1.97. The topological polar surface area (TPSA) is 32.9 Å². The highest BCUT2D eigenvalue weighted by atomic mass is 16.1. The Morgan fingerprint density at radius 2 is 2.08 bits per heavy atom. The smallest absolute Gasteiger partial charge is 0.248 e. The SMILES string of the molecule is CCc1cc(C(C)C)cc(=O)[nH]1. The first-order valence-electron chi connectivity index (χ1n) is 4.36. The Morgan fingerprint density at radius 3 is 2.58 bits per heavy atom. The first-order chi connectivity index (χ1) is 5.63. The van der Waals surface area contributed by atoms with Crippen LogP contribution in [0.2, 0.25) is 0 Å². The van der Waals surface area contributed by atoms with Gasteiger partial charge in [-0.2, -0.15) is 0 Å². The zero-order valence-electron chi connectivity index (χ0n) is 7.85. The summed E-state index contributed by atoms with van der Waals surface area (Å²) in [7, 11) is 0. The molecule has 0 saturated carbocycles. The Bertz CT molecular complexity index is 312. The minimum Gasteiger partial charge on any atom is -0.326 e. The Morgan fingerprint density at radius 1 is 1.42 bits per heavy atom. The van der Waals surface area contributed by atoms with Crippen molar-refractivity contribution in [2.45, 2.75) is 33.1 Å². The van der Waals surface area contributed by atoms with Gasteiger partial charge in [-0.25, -0.2) is 0 Å². The van der Waals surface area contributed by atoms with Gasteiger partial charge in [0.15, 0.2) is 0 Å². The third-order valence-electron chi connectivity index (χ3n) is 1.97. The van der Waals surface area contributed by atoms with E-state index in [-0.39, 0.29) is 5.56 Å². The number of pyridine rings is 1. The van der Waals surface area contributed by atoms with Gasteiger partial charge in [-0.3, -0.25) is 4.79 Å². The first-order valence-corrected chi connectivity index (χ1v) is 4.36. The average Bonchev–Trinajstić information content (AvgIpc) is 2.03. The summed E-state index contributed by atoms with van der Waals surface area (Å²) >= 11 is 0. The van der Waals surface area contributed by atoms with Crippen molar-refractivity contribution in [1.29, 1.82) is 0 Å². The van der Waals surface area contributed by atoms with Crippen molar-refractivity contribution in [3.63, 3.8) is 0 Å². The van der Waals surface area contributed by atoms with Crippen LogP contribution in [0.1, 0.15) is 37.9 Å². The minimum atomic E-state index is 0.0121. The van der Waals surface area contributed by atoms with Gasteiger partial charge in [0, 0.05) is 11.8 Å². The van der Waals surface area contributed by atoms with Crippen LogP contribution in [0.3, 0.4) is 0 Å². The number of aromatic amines is 1. The van der Waals surface area contributed by atoms with Crippen LogP contribution >= 0.6 is 0 Å². The van der Waals surface area contributed by atoms with E-state index >= 15 is 0 Å². The van der Waals surface area contributed by atoms with E-state index in [9.17, 15) is 4.79 Å². The van der Waals surface area contributed by atoms with E-state index in [0.717, 1.165) is 17.7 Å². The van der Waals surface area contributed by atoms with Crippen LogP contribution in [-0.4, -0.2) is 4.98 Å². The van der Waals surface area contributed by atoms with Crippen LogP contribution in [0.4, 0.5) is 0 Å². The Kier molecular flexibility index (Phi) is 2.69. The molecule has 0 atom stereocenters. The number of rotatable bonds is 2. The number of hydrogen-bond acceptors (Lipinski definition) is 1. The molecule has 0 aromatic carbocycles. The summed E-state index contributed by atoms with van der Waals surface area (Å²) in [5, 5.41) is 0. The van der Waals surface area contributed by atoms with Gasteiger partial charge in [-0.1, -0.05) is 20.8 Å². The summed E-state index contributed by atoms with van der Waals surface area (Å²) in [5.74, 6) is 0.428. The van der Waals surface area contributed by atoms with Crippen molar-refractivity contribution in [1.82, 2.24) is 4.98 Å². The van der Waals surface area contributed by atoms with Crippen LogP contribution in [0.25, 0.3) is 0 Å². The van der Waals surface area contributed by atoms with E-state index in [4.69, 9.17) is 0 Å².